The molecule has 0 atom stereocenters. The van der Waals surface area contributed by atoms with E-state index in [0.29, 0.717) is 23.5 Å². The minimum Gasteiger partial charge on any atom is -0.460 e. The first kappa shape index (κ1) is 17.9. The summed E-state index contributed by atoms with van der Waals surface area (Å²) in [6.45, 7) is 2.00. The lowest BCUT2D eigenvalue weighted by molar-refractivity contribution is -0.145. The molecule has 1 aliphatic heterocycles. The van der Waals surface area contributed by atoms with Gasteiger partial charge in [-0.2, -0.15) is 0 Å². The molecule has 0 radical (unpaired) electrons. The number of benzene rings is 2. The minimum absolute atomic E-state index is 0.0687. The molecule has 138 valence electrons. The zero-order valence-electron chi connectivity index (χ0n) is 14.8. The summed E-state index contributed by atoms with van der Waals surface area (Å²) in [6, 6.07) is 14.9. The maximum absolute atomic E-state index is 12.4. The Kier molecular flexibility index (Phi) is 4.61. The third-order valence-corrected chi connectivity index (χ3v) is 7.56. The Hall–Kier alpha value is -2.44. The van der Waals surface area contributed by atoms with Crippen molar-refractivity contribution >= 4 is 27.1 Å². The van der Waals surface area contributed by atoms with Crippen molar-refractivity contribution in [1.29, 1.82) is 0 Å². The Balaban J connectivity index is 1.73. The number of esters is 1. The molecule has 3 aromatic rings. The van der Waals surface area contributed by atoms with Gasteiger partial charge in [0, 0.05) is 10.4 Å². The number of ether oxygens (including phenoxy) is 1. The Bertz CT molecular complexity index is 1110. The fraction of sp³-hybridized carbons (Fsp3) is 0.190. The molecule has 2 heterocycles. The molecule has 6 heteroatoms. The summed E-state index contributed by atoms with van der Waals surface area (Å²) >= 11 is 1.60. The molecule has 4 nitrogen and oxygen atoms in total. The summed E-state index contributed by atoms with van der Waals surface area (Å²) in [7, 11) is -3.30. The monoisotopic (exact) mass is 398 g/mol. The van der Waals surface area contributed by atoms with Crippen molar-refractivity contribution in [3.63, 3.8) is 0 Å². The zero-order chi connectivity index (χ0) is 19.0. The molecule has 0 N–H and O–H groups in total. The van der Waals surface area contributed by atoms with Crippen LogP contribution < -0.4 is 0 Å². The van der Waals surface area contributed by atoms with Gasteiger partial charge in [-0.3, -0.25) is 4.79 Å². The summed E-state index contributed by atoms with van der Waals surface area (Å²) in [5.74, 6) is -0.128. The van der Waals surface area contributed by atoms with E-state index < -0.39 is 9.84 Å². The summed E-state index contributed by atoms with van der Waals surface area (Å²) in [5.41, 5.74) is 4.67. The predicted molar refractivity (Wildman–Crippen MR) is 106 cm³/mol. The molecule has 27 heavy (non-hydrogen) atoms. The Labute approximate surface area is 162 Å². The topological polar surface area (TPSA) is 60.4 Å². The van der Waals surface area contributed by atoms with E-state index in [1.807, 2.05) is 36.4 Å². The van der Waals surface area contributed by atoms with Crippen LogP contribution in [0.2, 0.25) is 0 Å². The highest BCUT2D eigenvalue weighted by Gasteiger charge is 2.22. The van der Waals surface area contributed by atoms with Crippen molar-refractivity contribution in [3.8, 4) is 22.3 Å². The van der Waals surface area contributed by atoms with E-state index in [0.717, 1.165) is 27.1 Å². The van der Waals surface area contributed by atoms with Gasteiger partial charge in [0.05, 0.1) is 17.1 Å². The van der Waals surface area contributed by atoms with Crippen molar-refractivity contribution < 1.29 is 17.9 Å². The maximum atomic E-state index is 12.4. The van der Waals surface area contributed by atoms with Crippen molar-refractivity contribution in [1.82, 2.24) is 0 Å². The third kappa shape index (κ3) is 3.31. The molecule has 0 bridgehead atoms. The molecule has 2 aromatic carbocycles. The first-order valence-corrected chi connectivity index (χ1v) is 11.2. The molecule has 0 saturated heterocycles. The van der Waals surface area contributed by atoms with E-state index in [9.17, 15) is 13.2 Å². The highest BCUT2D eigenvalue weighted by atomic mass is 32.2. The highest BCUT2D eigenvalue weighted by molar-refractivity contribution is 7.91. The van der Waals surface area contributed by atoms with E-state index in [1.165, 1.54) is 0 Å². The van der Waals surface area contributed by atoms with E-state index in [1.54, 1.807) is 30.4 Å². The van der Waals surface area contributed by atoms with Gasteiger partial charge in [0.15, 0.2) is 9.84 Å². The number of hydrogen-bond acceptors (Lipinski definition) is 5. The van der Waals surface area contributed by atoms with Gasteiger partial charge in [-0.15, -0.1) is 11.3 Å². The van der Waals surface area contributed by atoms with Gasteiger partial charge in [-0.05, 0) is 33.7 Å². The van der Waals surface area contributed by atoms with Crippen LogP contribution in [0.15, 0.2) is 58.8 Å². The molecular formula is C21H18O4S2. The largest absolute Gasteiger partial charge is 0.460 e. The number of fused-ring (bicyclic) bond motifs is 1. The average Bonchev–Trinajstić information content (AvgIpc) is 3.11. The Morgan fingerprint density at radius 1 is 1.00 bits per heavy atom. The van der Waals surface area contributed by atoms with Crippen LogP contribution in [0.25, 0.3) is 22.3 Å². The first-order chi connectivity index (χ1) is 13.0. The lowest BCUT2D eigenvalue weighted by Crippen LogP contribution is -2.14. The van der Waals surface area contributed by atoms with Gasteiger partial charge in [0.25, 0.3) is 0 Å². The fourth-order valence-electron chi connectivity index (χ4n) is 3.28. The molecule has 1 aromatic heterocycles. The lowest BCUT2D eigenvalue weighted by Gasteiger charge is -2.14. The van der Waals surface area contributed by atoms with Crippen LogP contribution in [0.4, 0.5) is 0 Å². The van der Waals surface area contributed by atoms with Crippen molar-refractivity contribution in [2.24, 2.45) is 0 Å². The molecular weight excluding hydrogens is 380 g/mol. The molecule has 0 aliphatic carbocycles. The van der Waals surface area contributed by atoms with Crippen LogP contribution in [-0.4, -0.2) is 20.1 Å². The van der Waals surface area contributed by atoms with E-state index in [4.69, 9.17) is 4.74 Å². The van der Waals surface area contributed by atoms with Gasteiger partial charge in [0.1, 0.15) is 6.61 Å². The van der Waals surface area contributed by atoms with Crippen LogP contribution >= 0.6 is 11.3 Å². The second-order valence-corrected chi connectivity index (χ2v) is 9.58. The molecule has 4 rings (SSSR count). The van der Waals surface area contributed by atoms with Crippen LogP contribution in [0.5, 0.6) is 0 Å². The van der Waals surface area contributed by atoms with E-state index >= 15 is 0 Å². The smallest absolute Gasteiger partial charge is 0.310 e. The SMILES string of the molecule is CCS(=O)(=O)c1ccccc1-c1ccc(-c2csc3c2CC(=O)OC3)cc1. The molecule has 0 fully saturated rings. The van der Waals surface area contributed by atoms with Crippen molar-refractivity contribution in [2.45, 2.75) is 24.8 Å². The maximum Gasteiger partial charge on any atom is 0.310 e. The summed E-state index contributed by atoms with van der Waals surface area (Å²) in [5, 5.41) is 2.05. The van der Waals surface area contributed by atoms with Crippen molar-refractivity contribution in [2.75, 3.05) is 5.75 Å². The lowest BCUT2D eigenvalue weighted by atomic mass is 9.97. The zero-order valence-corrected chi connectivity index (χ0v) is 16.4. The number of rotatable bonds is 4. The number of thiophene rings is 1. The van der Waals surface area contributed by atoms with E-state index in [-0.39, 0.29) is 11.7 Å². The standard InChI is InChI=1S/C21H18O4S2/c1-2-27(23,24)20-6-4-3-5-16(20)14-7-9-15(10-8-14)18-13-26-19-12-25-21(22)11-17(18)19/h3-10,13H,2,11-12H2,1H3. The third-order valence-electron chi connectivity index (χ3n) is 4.78. The Morgan fingerprint density at radius 2 is 1.67 bits per heavy atom. The second kappa shape index (κ2) is 6.94. The van der Waals surface area contributed by atoms with Crippen LogP contribution in [-0.2, 0) is 32.4 Å². The van der Waals surface area contributed by atoms with Crippen LogP contribution in [0.1, 0.15) is 17.4 Å². The van der Waals surface area contributed by atoms with Crippen LogP contribution in [0, 0.1) is 0 Å². The number of carbonyl (C=O) groups excluding carboxylic acids is 1. The molecule has 0 spiro atoms. The van der Waals surface area contributed by atoms with Crippen molar-refractivity contribution in [3.05, 3.63) is 64.4 Å². The summed E-state index contributed by atoms with van der Waals surface area (Å²) in [4.78, 5) is 13.1. The fourth-order valence-corrected chi connectivity index (χ4v) is 5.39. The van der Waals surface area contributed by atoms with Crippen LogP contribution in [0.3, 0.4) is 0 Å². The highest BCUT2D eigenvalue weighted by Crippen LogP contribution is 2.36. The number of cyclic esters (lactones) is 1. The molecule has 1 aliphatic rings. The van der Waals surface area contributed by atoms with E-state index in [2.05, 4.69) is 5.38 Å². The summed E-state index contributed by atoms with van der Waals surface area (Å²) < 4.78 is 29.9. The molecule has 0 saturated carbocycles. The second-order valence-electron chi connectivity index (χ2n) is 6.37. The Morgan fingerprint density at radius 3 is 2.37 bits per heavy atom. The number of sulfone groups is 1. The normalized spacial score (nSPS) is 13.9. The summed E-state index contributed by atoms with van der Waals surface area (Å²) in [6.07, 6.45) is 0.299. The average molecular weight is 399 g/mol. The predicted octanol–water partition coefficient (Wildman–Crippen LogP) is 4.48. The van der Waals surface area contributed by atoms with Gasteiger partial charge in [-0.1, -0.05) is 49.4 Å². The van der Waals surface area contributed by atoms with Gasteiger partial charge in [-0.25, -0.2) is 8.42 Å². The first-order valence-electron chi connectivity index (χ1n) is 8.67. The molecule has 0 amide bonds. The number of carbonyl (C=O) groups is 1. The number of hydrogen-bond donors (Lipinski definition) is 0. The van der Waals surface area contributed by atoms with Gasteiger partial charge < -0.3 is 4.74 Å². The molecule has 0 unspecified atom stereocenters. The quantitative estimate of drug-likeness (QED) is 0.608. The minimum atomic E-state index is -3.30. The van der Waals surface area contributed by atoms with Gasteiger partial charge in [0.2, 0.25) is 0 Å². The van der Waals surface area contributed by atoms with Gasteiger partial charge >= 0.3 is 5.97 Å².